The summed E-state index contributed by atoms with van der Waals surface area (Å²) < 4.78 is 21.7. The molecule has 2 aromatic rings. The lowest BCUT2D eigenvalue weighted by Gasteiger charge is -2.19. The van der Waals surface area contributed by atoms with Gasteiger partial charge in [-0.05, 0) is 35.4 Å². The van der Waals surface area contributed by atoms with E-state index < -0.39 is 6.10 Å². The van der Waals surface area contributed by atoms with Crippen molar-refractivity contribution < 1.29 is 24.1 Å². The highest BCUT2D eigenvalue weighted by Crippen LogP contribution is 2.34. The van der Waals surface area contributed by atoms with Crippen molar-refractivity contribution in [3.63, 3.8) is 0 Å². The molecule has 0 spiro atoms. The van der Waals surface area contributed by atoms with E-state index in [4.69, 9.17) is 18.9 Å². The average molecular weight is 329 g/mol. The van der Waals surface area contributed by atoms with Crippen LogP contribution in [0.2, 0.25) is 0 Å². The lowest BCUT2D eigenvalue weighted by molar-refractivity contribution is 0.169. The molecule has 2 aliphatic rings. The number of nitrogens with one attached hydrogen (secondary N) is 1. The van der Waals surface area contributed by atoms with Gasteiger partial charge in [0.2, 0.25) is 6.79 Å². The Labute approximate surface area is 139 Å². The summed E-state index contributed by atoms with van der Waals surface area (Å²) in [7, 11) is 0. The Hall–Kier alpha value is -2.44. The number of fused-ring (bicyclic) bond motifs is 2. The predicted octanol–water partition coefficient (Wildman–Crippen LogP) is 2.01. The van der Waals surface area contributed by atoms with Crippen LogP contribution in [-0.2, 0) is 6.54 Å². The van der Waals surface area contributed by atoms with Gasteiger partial charge in [-0.3, -0.25) is 0 Å². The van der Waals surface area contributed by atoms with Gasteiger partial charge in [0.1, 0.15) is 13.2 Å². The zero-order valence-corrected chi connectivity index (χ0v) is 13.2. The minimum absolute atomic E-state index is 0.233. The Bertz CT molecular complexity index is 733. The third-order valence-corrected chi connectivity index (χ3v) is 4.05. The van der Waals surface area contributed by atoms with E-state index in [2.05, 4.69) is 5.32 Å². The number of hydrogen-bond donors (Lipinski definition) is 2. The van der Waals surface area contributed by atoms with E-state index in [0.717, 1.165) is 28.4 Å². The van der Waals surface area contributed by atoms with E-state index in [-0.39, 0.29) is 6.79 Å². The van der Waals surface area contributed by atoms with Gasteiger partial charge in [0, 0.05) is 13.1 Å². The van der Waals surface area contributed by atoms with Crippen molar-refractivity contribution in [2.75, 3.05) is 26.6 Å². The number of aliphatic hydroxyl groups excluding tert-OH is 1. The van der Waals surface area contributed by atoms with Gasteiger partial charge >= 0.3 is 0 Å². The topological polar surface area (TPSA) is 69.2 Å². The van der Waals surface area contributed by atoms with Crippen LogP contribution in [-0.4, -0.2) is 31.7 Å². The van der Waals surface area contributed by atoms with E-state index in [1.807, 2.05) is 36.4 Å². The van der Waals surface area contributed by atoms with E-state index in [1.165, 1.54) is 0 Å². The monoisotopic (exact) mass is 329 g/mol. The summed E-state index contributed by atoms with van der Waals surface area (Å²) in [4.78, 5) is 0. The van der Waals surface area contributed by atoms with E-state index >= 15 is 0 Å². The quantitative estimate of drug-likeness (QED) is 0.874. The fourth-order valence-corrected chi connectivity index (χ4v) is 2.79. The molecule has 126 valence electrons. The van der Waals surface area contributed by atoms with E-state index in [0.29, 0.717) is 32.1 Å². The molecular formula is C18H19NO5. The van der Waals surface area contributed by atoms with Crippen molar-refractivity contribution in [2.24, 2.45) is 0 Å². The standard InChI is InChI=1S/C18H19NO5/c20-14(13-2-4-16-18(8-13)24-11-23-16)10-19-9-12-1-3-15-17(7-12)22-6-5-21-15/h1-4,7-8,14,19-20H,5-6,9-11H2/t14-/m0/s1. The summed E-state index contributed by atoms with van der Waals surface area (Å²) in [5, 5.41) is 13.6. The minimum Gasteiger partial charge on any atom is -0.486 e. The first-order valence-corrected chi connectivity index (χ1v) is 7.96. The number of hydrogen-bond acceptors (Lipinski definition) is 6. The molecule has 4 rings (SSSR count). The summed E-state index contributed by atoms with van der Waals surface area (Å²) in [6.45, 7) is 2.47. The second-order valence-electron chi connectivity index (χ2n) is 5.74. The molecule has 0 saturated carbocycles. The molecule has 0 bridgehead atoms. The molecule has 0 aromatic heterocycles. The summed E-state index contributed by atoms with van der Waals surface area (Å²) >= 11 is 0. The highest BCUT2D eigenvalue weighted by molar-refractivity contribution is 5.45. The highest BCUT2D eigenvalue weighted by Gasteiger charge is 2.16. The first-order valence-electron chi connectivity index (χ1n) is 7.96. The van der Waals surface area contributed by atoms with Crippen molar-refractivity contribution in [2.45, 2.75) is 12.6 Å². The van der Waals surface area contributed by atoms with Crippen LogP contribution in [0.3, 0.4) is 0 Å². The zero-order chi connectivity index (χ0) is 16.4. The molecule has 2 aromatic carbocycles. The van der Waals surface area contributed by atoms with Gasteiger partial charge in [0.25, 0.3) is 0 Å². The van der Waals surface area contributed by atoms with Crippen LogP contribution in [0.5, 0.6) is 23.0 Å². The summed E-state index contributed by atoms with van der Waals surface area (Å²) in [5.41, 5.74) is 1.88. The SMILES string of the molecule is O[C@@H](CNCc1ccc2c(c1)OCCO2)c1ccc2c(c1)OCO2. The Balaban J connectivity index is 1.33. The number of benzene rings is 2. The number of ether oxygens (including phenoxy) is 4. The largest absolute Gasteiger partial charge is 0.486 e. The van der Waals surface area contributed by atoms with E-state index in [1.54, 1.807) is 0 Å². The fourth-order valence-electron chi connectivity index (χ4n) is 2.79. The molecule has 0 unspecified atom stereocenters. The van der Waals surface area contributed by atoms with Gasteiger partial charge in [0.05, 0.1) is 6.10 Å². The summed E-state index contributed by atoms with van der Waals surface area (Å²) in [5.74, 6) is 2.95. The first-order chi connectivity index (χ1) is 11.8. The first kappa shape index (κ1) is 15.1. The molecule has 6 nitrogen and oxygen atoms in total. The van der Waals surface area contributed by atoms with Crippen LogP contribution in [0.15, 0.2) is 36.4 Å². The van der Waals surface area contributed by atoms with Crippen LogP contribution in [0.4, 0.5) is 0 Å². The molecule has 24 heavy (non-hydrogen) atoms. The lowest BCUT2D eigenvalue weighted by atomic mass is 10.1. The molecule has 1 atom stereocenters. The van der Waals surface area contributed by atoms with Gasteiger partial charge in [0.15, 0.2) is 23.0 Å². The lowest BCUT2D eigenvalue weighted by Crippen LogP contribution is -2.21. The molecule has 2 N–H and O–H groups in total. The van der Waals surface area contributed by atoms with Crippen LogP contribution >= 0.6 is 0 Å². The van der Waals surface area contributed by atoms with Gasteiger partial charge in [-0.15, -0.1) is 0 Å². The third-order valence-electron chi connectivity index (χ3n) is 4.05. The highest BCUT2D eigenvalue weighted by atomic mass is 16.7. The van der Waals surface area contributed by atoms with Crippen molar-refractivity contribution >= 4 is 0 Å². The van der Waals surface area contributed by atoms with Gasteiger partial charge in [-0.2, -0.15) is 0 Å². The van der Waals surface area contributed by atoms with Crippen LogP contribution in [0, 0.1) is 0 Å². The molecule has 6 heteroatoms. The maximum Gasteiger partial charge on any atom is 0.231 e. The number of aliphatic hydroxyl groups is 1. The fraction of sp³-hybridized carbons (Fsp3) is 0.333. The molecular weight excluding hydrogens is 310 g/mol. The minimum atomic E-state index is -0.614. The van der Waals surface area contributed by atoms with Gasteiger partial charge < -0.3 is 29.4 Å². The number of rotatable bonds is 5. The van der Waals surface area contributed by atoms with Gasteiger partial charge in [-0.25, -0.2) is 0 Å². The van der Waals surface area contributed by atoms with Crippen molar-refractivity contribution in [3.05, 3.63) is 47.5 Å². The second-order valence-corrected chi connectivity index (χ2v) is 5.74. The molecule has 0 saturated heterocycles. The molecule has 2 aliphatic heterocycles. The average Bonchev–Trinajstić information content (AvgIpc) is 3.09. The molecule has 0 fully saturated rings. The second kappa shape index (κ2) is 6.59. The summed E-state index contributed by atoms with van der Waals surface area (Å²) in [6, 6.07) is 11.4. The molecule has 0 amide bonds. The summed E-state index contributed by atoms with van der Waals surface area (Å²) in [6.07, 6.45) is -0.614. The van der Waals surface area contributed by atoms with Crippen LogP contribution < -0.4 is 24.3 Å². The molecule has 0 aliphatic carbocycles. The van der Waals surface area contributed by atoms with Crippen molar-refractivity contribution in [1.29, 1.82) is 0 Å². The van der Waals surface area contributed by atoms with Crippen LogP contribution in [0.25, 0.3) is 0 Å². The maximum atomic E-state index is 10.3. The third kappa shape index (κ3) is 3.11. The zero-order valence-electron chi connectivity index (χ0n) is 13.2. The van der Waals surface area contributed by atoms with Crippen molar-refractivity contribution in [1.82, 2.24) is 5.32 Å². The Morgan fingerprint density at radius 1 is 0.875 bits per heavy atom. The van der Waals surface area contributed by atoms with Crippen LogP contribution in [0.1, 0.15) is 17.2 Å². The predicted molar refractivity (Wildman–Crippen MR) is 86.7 cm³/mol. The van der Waals surface area contributed by atoms with Gasteiger partial charge in [-0.1, -0.05) is 12.1 Å². The maximum absolute atomic E-state index is 10.3. The Morgan fingerprint density at radius 2 is 1.58 bits per heavy atom. The smallest absolute Gasteiger partial charge is 0.231 e. The normalized spacial score (nSPS) is 16.0. The molecule has 0 radical (unpaired) electrons. The van der Waals surface area contributed by atoms with E-state index in [9.17, 15) is 5.11 Å². The van der Waals surface area contributed by atoms with Crippen molar-refractivity contribution in [3.8, 4) is 23.0 Å². The Kier molecular flexibility index (Phi) is 4.15. The molecule has 2 heterocycles. The Morgan fingerprint density at radius 3 is 2.50 bits per heavy atom.